The van der Waals surface area contributed by atoms with Gasteiger partial charge in [-0.15, -0.1) is 11.3 Å². The number of ether oxygens (including phenoxy) is 1. The van der Waals surface area contributed by atoms with Gasteiger partial charge in [0.05, 0.1) is 11.3 Å². The fourth-order valence-corrected chi connectivity index (χ4v) is 4.71. The molecule has 1 aliphatic rings. The molecule has 2 heterocycles. The molecule has 0 radical (unpaired) electrons. The van der Waals surface area contributed by atoms with E-state index in [0.29, 0.717) is 24.9 Å². The zero-order chi connectivity index (χ0) is 23.3. The van der Waals surface area contributed by atoms with Gasteiger partial charge in [0.1, 0.15) is 23.0 Å². The number of aryl methyl sites for hydroxylation is 1. The first kappa shape index (κ1) is 23.0. The largest absolute Gasteiger partial charge is 0.488 e. The van der Waals surface area contributed by atoms with Crippen molar-refractivity contribution >= 4 is 17.3 Å². The minimum Gasteiger partial charge on any atom is -0.488 e. The van der Waals surface area contributed by atoms with E-state index in [2.05, 4.69) is 47.7 Å². The number of nitrogens with zero attached hydrogens (tertiary/aromatic N) is 2. The molecule has 172 valence electrons. The Morgan fingerprint density at radius 3 is 2.67 bits per heavy atom. The molecular weight excluding hydrogens is 430 g/mol. The Bertz CT molecular complexity index is 1140. The van der Waals surface area contributed by atoms with Crippen molar-refractivity contribution in [3.8, 4) is 16.3 Å². The van der Waals surface area contributed by atoms with E-state index in [9.17, 15) is 0 Å². The second-order valence-corrected chi connectivity index (χ2v) is 9.79. The Hall–Kier alpha value is -3.16. The Balaban J connectivity index is 1.49. The Kier molecular flexibility index (Phi) is 7.11. The van der Waals surface area contributed by atoms with E-state index in [1.807, 2.05) is 49.4 Å². The van der Waals surface area contributed by atoms with Crippen LogP contribution in [-0.4, -0.2) is 23.2 Å². The quantitative estimate of drug-likeness (QED) is 0.456. The van der Waals surface area contributed by atoms with Crippen molar-refractivity contribution in [3.63, 3.8) is 0 Å². The molecule has 7 heteroatoms. The molecule has 0 saturated carbocycles. The third-order valence-electron chi connectivity index (χ3n) is 5.30. The van der Waals surface area contributed by atoms with Gasteiger partial charge in [-0.2, -0.15) is 0 Å². The fourth-order valence-electron chi connectivity index (χ4n) is 3.51. The highest BCUT2D eigenvalue weighted by molar-refractivity contribution is 7.15. The van der Waals surface area contributed by atoms with E-state index in [4.69, 9.17) is 15.5 Å². The standard InChI is InChI=1S/C26H31N5OS/c1-18(2)16-29-25-28-14-13-26(27,31-25)15-23-19(3)30-24(33-23)21-11-7-8-12-22(21)32-17-20-9-5-4-6-10-20/h4-14,18H,15-17,27H2,1-3H3,(H2,28,29,31). The highest BCUT2D eigenvalue weighted by atomic mass is 32.1. The van der Waals surface area contributed by atoms with Crippen molar-refractivity contribution in [3.05, 3.63) is 83.0 Å². The van der Waals surface area contributed by atoms with Crippen LogP contribution in [0.5, 0.6) is 5.75 Å². The molecule has 1 unspecified atom stereocenters. The molecule has 1 aromatic heterocycles. The second kappa shape index (κ2) is 10.2. The summed E-state index contributed by atoms with van der Waals surface area (Å²) in [5.74, 6) is 2.05. The summed E-state index contributed by atoms with van der Waals surface area (Å²) < 4.78 is 6.15. The summed E-state index contributed by atoms with van der Waals surface area (Å²) in [6.45, 7) is 7.70. The van der Waals surface area contributed by atoms with E-state index < -0.39 is 5.66 Å². The lowest BCUT2D eigenvalue weighted by atomic mass is 10.0. The van der Waals surface area contributed by atoms with Crippen LogP contribution in [-0.2, 0) is 13.0 Å². The number of guanidine groups is 1. The van der Waals surface area contributed by atoms with Gasteiger partial charge in [-0.25, -0.2) is 9.98 Å². The normalized spacial score (nSPS) is 17.5. The number of aliphatic imine (C=N–C) groups is 1. The highest BCUT2D eigenvalue weighted by Crippen LogP contribution is 2.35. The van der Waals surface area contributed by atoms with Crippen LogP contribution in [0, 0.1) is 12.8 Å². The third kappa shape index (κ3) is 6.00. The van der Waals surface area contributed by atoms with Crippen molar-refractivity contribution < 1.29 is 4.74 Å². The number of nitrogens with one attached hydrogen (secondary N) is 2. The van der Waals surface area contributed by atoms with Crippen molar-refractivity contribution in [1.82, 2.24) is 15.6 Å². The molecule has 1 aliphatic heterocycles. The van der Waals surface area contributed by atoms with E-state index in [1.165, 1.54) is 0 Å². The molecule has 0 fully saturated rings. The lowest BCUT2D eigenvalue weighted by Gasteiger charge is -2.31. The summed E-state index contributed by atoms with van der Waals surface area (Å²) in [5, 5.41) is 7.60. The Morgan fingerprint density at radius 2 is 1.88 bits per heavy atom. The van der Waals surface area contributed by atoms with Gasteiger partial charge in [-0.3, -0.25) is 0 Å². The molecule has 0 spiro atoms. The molecule has 0 saturated heterocycles. The average Bonchev–Trinajstić information content (AvgIpc) is 3.16. The summed E-state index contributed by atoms with van der Waals surface area (Å²) >= 11 is 1.65. The van der Waals surface area contributed by atoms with Crippen LogP contribution in [0.4, 0.5) is 0 Å². The number of aromatic nitrogens is 1. The average molecular weight is 462 g/mol. The molecular formula is C26H31N5OS. The minimum atomic E-state index is -0.723. The molecule has 33 heavy (non-hydrogen) atoms. The number of hydrogen-bond acceptors (Lipinski definition) is 7. The molecule has 4 N–H and O–H groups in total. The van der Waals surface area contributed by atoms with Gasteiger partial charge < -0.3 is 21.1 Å². The first-order valence-corrected chi connectivity index (χ1v) is 12.0. The lowest BCUT2D eigenvalue weighted by Crippen LogP contribution is -2.60. The zero-order valence-electron chi connectivity index (χ0n) is 19.3. The van der Waals surface area contributed by atoms with Crippen LogP contribution in [0.1, 0.15) is 30.0 Å². The summed E-state index contributed by atoms with van der Waals surface area (Å²) in [6.07, 6.45) is 4.29. The number of para-hydroxylation sites is 1. The van der Waals surface area contributed by atoms with Gasteiger partial charge in [0.25, 0.3) is 0 Å². The maximum atomic E-state index is 6.68. The first-order valence-electron chi connectivity index (χ1n) is 11.2. The van der Waals surface area contributed by atoms with Crippen LogP contribution >= 0.6 is 11.3 Å². The molecule has 6 nitrogen and oxygen atoms in total. The van der Waals surface area contributed by atoms with E-state index in [-0.39, 0.29) is 0 Å². The second-order valence-electron chi connectivity index (χ2n) is 8.71. The summed E-state index contributed by atoms with van der Waals surface area (Å²) in [7, 11) is 0. The van der Waals surface area contributed by atoms with Gasteiger partial charge in [-0.05, 0) is 36.6 Å². The maximum absolute atomic E-state index is 6.68. The molecule has 4 rings (SSSR count). The fraction of sp³-hybridized carbons (Fsp3) is 0.308. The van der Waals surface area contributed by atoms with E-state index in [0.717, 1.165) is 39.0 Å². The monoisotopic (exact) mass is 461 g/mol. The molecule has 3 aromatic rings. The van der Waals surface area contributed by atoms with Crippen LogP contribution < -0.4 is 21.1 Å². The molecule has 0 amide bonds. The Morgan fingerprint density at radius 1 is 1.12 bits per heavy atom. The van der Waals surface area contributed by atoms with Crippen LogP contribution in [0.25, 0.3) is 10.6 Å². The van der Waals surface area contributed by atoms with Gasteiger partial charge in [0.2, 0.25) is 0 Å². The Labute approximate surface area is 199 Å². The predicted molar refractivity (Wildman–Crippen MR) is 136 cm³/mol. The number of nitrogens with two attached hydrogens (primary N) is 1. The zero-order valence-corrected chi connectivity index (χ0v) is 20.2. The number of thiazole rings is 1. The summed E-state index contributed by atoms with van der Waals surface area (Å²) in [4.78, 5) is 10.4. The van der Waals surface area contributed by atoms with Crippen molar-refractivity contribution in [2.45, 2.75) is 39.5 Å². The minimum absolute atomic E-state index is 0.515. The maximum Gasteiger partial charge on any atom is 0.197 e. The van der Waals surface area contributed by atoms with Gasteiger partial charge >= 0.3 is 0 Å². The van der Waals surface area contributed by atoms with Crippen molar-refractivity contribution in [1.29, 1.82) is 0 Å². The van der Waals surface area contributed by atoms with Gasteiger partial charge in [0.15, 0.2) is 5.96 Å². The number of rotatable bonds is 8. The summed E-state index contributed by atoms with van der Waals surface area (Å²) in [6, 6.07) is 18.2. The predicted octanol–water partition coefficient (Wildman–Crippen LogP) is 4.61. The van der Waals surface area contributed by atoms with E-state index in [1.54, 1.807) is 17.5 Å². The third-order valence-corrected chi connectivity index (χ3v) is 6.50. The molecule has 0 aliphatic carbocycles. The van der Waals surface area contributed by atoms with Crippen molar-refractivity contribution in [2.75, 3.05) is 6.54 Å². The first-order chi connectivity index (χ1) is 15.9. The molecule has 2 aromatic carbocycles. The lowest BCUT2D eigenvalue weighted by molar-refractivity contribution is 0.307. The van der Waals surface area contributed by atoms with E-state index >= 15 is 0 Å². The SMILES string of the molecule is Cc1nc(-c2ccccc2OCc2ccccc2)sc1CC1(N)C=CN=C(NCC(C)C)N1. The highest BCUT2D eigenvalue weighted by Gasteiger charge is 2.28. The number of benzene rings is 2. The van der Waals surface area contributed by atoms with Gasteiger partial charge in [-0.1, -0.05) is 56.3 Å². The van der Waals surface area contributed by atoms with Crippen LogP contribution in [0.3, 0.4) is 0 Å². The molecule has 0 bridgehead atoms. The van der Waals surface area contributed by atoms with Crippen LogP contribution in [0.15, 0.2) is 71.9 Å². The van der Waals surface area contributed by atoms with Crippen LogP contribution in [0.2, 0.25) is 0 Å². The van der Waals surface area contributed by atoms with Gasteiger partial charge in [0, 0.05) is 24.0 Å². The topological polar surface area (TPSA) is 84.6 Å². The number of hydrogen-bond donors (Lipinski definition) is 3. The summed E-state index contributed by atoms with van der Waals surface area (Å²) in [5.41, 5.74) is 9.06. The van der Waals surface area contributed by atoms with Crippen molar-refractivity contribution in [2.24, 2.45) is 16.6 Å². The molecule has 1 atom stereocenters. The smallest absolute Gasteiger partial charge is 0.197 e.